The number of benzene rings is 3. The Morgan fingerprint density at radius 1 is 0.914 bits per heavy atom. The topological polar surface area (TPSA) is 70.2 Å². The normalized spacial score (nSPS) is 22.3. The second-order valence-electron chi connectivity index (χ2n) is 9.58. The molecule has 6 rings (SSSR count). The molecule has 182 valence electrons. The number of methoxy groups -OCH3 is 1. The first-order chi connectivity index (χ1) is 17.0. The first-order valence-corrected chi connectivity index (χ1v) is 13.6. The van der Waals surface area contributed by atoms with Gasteiger partial charge in [-0.2, -0.15) is 0 Å². The van der Waals surface area contributed by atoms with Crippen LogP contribution >= 0.6 is 0 Å². The van der Waals surface area contributed by atoms with Gasteiger partial charge in [-0.05, 0) is 43.1 Å². The molecule has 8 heteroatoms. The first kappa shape index (κ1) is 22.4. The molecule has 2 fully saturated rings. The van der Waals surface area contributed by atoms with Gasteiger partial charge in [0.05, 0.1) is 30.2 Å². The van der Waals surface area contributed by atoms with E-state index in [-0.39, 0.29) is 17.3 Å². The number of hydrogen-bond donors (Lipinski definition) is 0. The van der Waals surface area contributed by atoms with Gasteiger partial charge in [0.15, 0.2) is 0 Å². The summed E-state index contributed by atoms with van der Waals surface area (Å²) in [5.41, 5.74) is 1.37. The minimum Gasteiger partial charge on any atom is -0.496 e. The largest absolute Gasteiger partial charge is 0.496 e. The van der Waals surface area contributed by atoms with Gasteiger partial charge < -0.3 is 9.64 Å². The van der Waals surface area contributed by atoms with Crippen molar-refractivity contribution in [3.8, 4) is 5.75 Å². The van der Waals surface area contributed by atoms with Crippen LogP contribution < -0.4 is 9.04 Å². The van der Waals surface area contributed by atoms with Crippen molar-refractivity contribution in [3.63, 3.8) is 0 Å². The minimum absolute atomic E-state index is 0.0290. The molecule has 3 aliphatic heterocycles. The van der Waals surface area contributed by atoms with E-state index in [0.717, 1.165) is 37.0 Å². The Morgan fingerprint density at radius 2 is 1.69 bits per heavy atom. The molecule has 0 aliphatic carbocycles. The number of amides is 1. The molecule has 1 amide bonds. The third-order valence-electron chi connectivity index (χ3n) is 7.76. The summed E-state index contributed by atoms with van der Waals surface area (Å²) in [5, 5.41) is 1.35. The average Bonchev–Trinajstić information content (AvgIpc) is 3.52. The standard InChI is InChI=1S/C27H29N3O4S/c1-34-25-12-13-26(22-10-3-2-9-21(22)25)35(32,33)30-18-23(20-8-4-5-11-24(20)30)27(31)29-16-15-28-14-6-7-19(28)17-29/h2-5,8-13,19,23H,6-7,14-18H2,1H3. The molecule has 0 radical (unpaired) electrons. The predicted octanol–water partition coefficient (Wildman–Crippen LogP) is 3.45. The van der Waals surface area contributed by atoms with Gasteiger partial charge in [0.25, 0.3) is 10.0 Å². The van der Waals surface area contributed by atoms with Gasteiger partial charge in [0.2, 0.25) is 5.91 Å². The van der Waals surface area contributed by atoms with Crippen LogP contribution in [0.15, 0.2) is 65.6 Å². The van der Waals surface area contributed by atoms with Crippen LogP contribution in [0.5, 0.6) is 5.75 Å². The third-order valence-corrected chi connectivity index (χ3v) is 9.60. The molecule has 2 atom stereocenters. The minimum atomic E-state index is -3.92. The molecule has 0 spiro atoms. The number of ether oxygens (including phenoxy) is 1. The molecular formula is C27H29N3O4S. The Balaban J connectivity index is 1.36. The maximum atomic E-state index is 14.1. The van der Waals surface area contributed by atoms with Crippen molar-refractivity contribution in [1.29, 1.82) is 0 Å². The van der Waals surface area contributed by atoms with Crippen LogP contribution in [0.2, 0.25) is 0 Å². The van der Waals surface area contributed by atoms with Crippen LogP contribution in [-0.4, -0.2) is 70.0 Å². The van der Waals surface area contributed by atoms with Gasteiger partial charge in [0.1, 0.15) is 5.75 Å². The lowest BCUT2D eigenvalue weighted by molar-refractivity contribution is -0.135. The number of carbonyl (C=O) groups excluding carboxylic acids is 1. The number of hydrogen-bond acceptors (Lipinski definition) is 5. The fourth-order valence-corrected chi connectivity index (χ4v) is 7.69. The molecule has 7 nitrogen and oxygen atoms in total. The van der Waals surface area contributed by atoms with Gasteiger partial charge in [-0.1, -0.05) is 42.5 Å². The van der Waals surface area contributed by atoms with Crippen molar-refractivity contribution in [1.82, 2.24) is 9.80 Å². The molecule has 2 unspecified atom stereocenters. The lowest BCUT2D eigenvalue weighted by Gasteiger charge is -2.38. The van der Waals surface area contributed by atoms with E-state index < -0.39 is 15.9 Å². The number of fused-ring (bicyclic) bond motifs is 3. The average molecular weight is 492 g/mol. The number of sulfonamides is 1. The zero-order valence-electron chi connectivity index (χ0n) is 19.8. The van der Waals surface area contributed by atoms with E-state index in [0.29, 0.717) is 29.4 Å². The van der Waals surface area contributed by atoms with E-state index in [1.165, 1.54) is 10.7 Å². The molecule has 3 aliphatic rings. The summed E-state index contributed by atoms with van der Waals surface area (Å²) in [5.74, 6) is 0.153. The zero-order valence-corrected chi connectivity index (χ0v) is 20.6. The molecular weight excluding hydrogens is 462 g/mol. The van der Waals surface area contributed by atoms with Crippen molar-refractivity contribution in [2.24, 2.45) is 0 Å². The van der Waals surface area contributed by atoms with Crippen molar-refractivity contribution in [2.75, 3.05) is 44.1 Å². The summed E-state index contributed by atoms with van der Waals surface area (Å²) < 4.78 is 35.0. The molecule has 3 aromatic rings. The highest BCUT2D eigenvalue weighted by Gasteiger charge is 2.43. The molecule has 3 aromatic carbocycles. The van der Waals surface area contributed by atoms with Crippen molar-refractivity contribution >= 4 is 32.4 Å². The van der Waals surface area contributed by atoms with Gasteiger partial charge >= 0.3 is 0 Å². The predicted molar refractivity (Wildman–Crippen MR) is 135 cm³/mol. The molecule has 35 heavy (non-hydrogen) atoms. The summed E-state index contributed by atoms with van der Waals surface area (Å²) >= 11 is 0. The van der Waals surface area contributed by atoms with E-state index in [2.05, 4.69) is 4.90 Å². The van der Waals surface area contributed by atoms with Crippen molar-refractivity contribution < 1.29 is 17.9 Å². The lowest BCUT2D eigenvalue weighted by atomic mass is 9.99. The van der Waals surface area contributed by atoms with E-state index in [1.54, 1.807) is 31.4 Å². The van der Waals surface area contributed by atoms with E-state index in [4.69, 9.17) is 4.74 Å². The second kappa shape index (κ2) is 8.53. The smallest absolute Gasteiger partial charge is 0.264 e. The highest BCUT2D eigenvalue weighted by Crippen LogP contribution is 2.42. The fourth-order valence-electron chi connectivity index (χ4n) is 5.99. The third kappa shape index (κ3) is 3.58. The highest BCUT2D eigenvalue weighted by molar-refractivity contribution is 7.93. The first-order valence-electron chi connectivity index (χ1n) is 12.2. The molecule has 0 N–H and O–H groups in total. The van der Waals surface area contributed by atoms with Crippen LogP contribution in [0.4, 0.5) is 5.69 Å². The lowest BCUT2D eigenvalue weighted by Crippen LogP contribution is -2.53. The Morgan fingerprint density at radius 3 is 2.51 bits per heavy atom. The Labute approximate surface area is 205 Å². The fraction of sp³-hybridized carbons (Fsp3) is 0.370. The molecule has 2 saturated heterocycles. The molecule has 0 saturated carbocycles. The summed E-state index contributed by atoms with van der Waals surface area (Å²) in [6.45, 7) is 3.55. The van der Waals surface area contributed by atoms with Gasteiger partial charge in [-0.15, -0.1) is 0 Å². The quantitative estimate of drug-likeness (QED) is 0.559. The van der Waals surface area contributed by atoms with Crippen molar-refractivity contribution in [3.05, 3.63) is 66.2 Å². The molecule has 3 heterocycles. The van der Waals surface area contributed by atoms with E-state index in [1.807, 2.05) is 41.3 Å². The summed E-state index contributed by atoms with van der Waals surface area (Å²) in [7, 11) is -2.34. The van der Waals surface area contributed by atoms with Crippen LogP contribution in [-0.2, 0) is 14.8 Å². The van der Waals surface area contributed by atoms with Crippen LogP contribution in [0, 0.1) is 0 Å². The Hall–Kier alpha value is -3.10. The Kier molecular flexibility index (Phi) is 5.45. The van der Waals surface area contributed by atoms with Gasteiger partial charge in [-0.25, -0.2) is 8.42 Å². The number of nitrogens with zero attached hydrogens (tertiary/aromatic N) is 3. The van der Waals surface area contributed by atoms with E-state index >= 15 is 0 Å². The number of carbonyl (C=O) groups is 1. The SMILES string of the molecule is COc1ccc(S(=O)(=O)N2CC(C(=O)N3CCN4CCCC4C3)c3ccccc32)c2ccccc12. The van der Waals surface area contributed by atoms with Gasteiger partial charge in [0, 0.05) is 36.4 Å². The second-order valence-corrected chi connectivity index (χ2v) is 11.4. The summed E-state index contributed by atoms with van der Waals surface area (Å²) in [6, 6.07) is 18.5. The maximum Gasteiger partial charge on any atom is 0.264 e. The van der Waals surface area contributed by atoms with Crippen LogP contribution in [0.25, 0.3) is 10.8 Å². The monoisotopic (exact) mass is 491 g/mol. The van der Waals surface area contributed by atoms with E-state index in [9.17, 15) is 13.2 Å². The highest BCUT2D eigenvalue weighted by atomic mass is 32.2. The number of para-hydroxylation sites is 1. The maximum absolute atomic E-state index is 14.1. The zero-order chi connectivity index (χ0) is 24.2. The Bertz CT molecular complexity index is 1410. The molecule has 0 bridgehead atoms. The number of piperazine rings is 1. The number of rotatable bonds is 4. The summed E-state index contributed by atoms with van der Waals surface area (Å²) in [4.78, 5) is 18.4. The van der Waals surface area contributed by atoms with Crippen LogP contribution in [0.1, 0.15) is 24.3 Å². The number of anilines is 1. The summed E-state index contributed by atoms with van der Waals surface area (Å²) in [6.07, 6.45) is 2.30. The van der Waals surface area contributed by atoms with Crippen LogP contribution in [0.3, 0.4) is 0 Å². The van der Waals surface area contributed by atoms with Crippen molar-refractivity contribution in [2.45, 2.75) is 29.7 Å². The molecule has 0 aromatic heterocycles. The van der Waals surface area contributed by atoms with Gasteiger partial charge in [-0.3, -0.25) is 14.0 Å².